The van der Waals surface area contributed by atoms with Crippen molar-refractivity contribution in [2.24, 2.45) is 0 Å². The smallest absolute Gasteiger partial charge is 0.319 e. The van der Waals surface area contributed by atoms with E-state index < -0.39 is 0 Å². The third-order valence-electron chi connectivity index (χ3n) is 4.42. The average molecular weight is 339 g/mol. The van der Waals surface area contributed by atoms with Crippen molar-refractivity contribution >= 4 is 23.5 Å². The van der Waals surface area contributed by atoms with Crippen LogP contribution in [0.3, 0.4) is 0 Å². The van der Waals surface area contributed by atoms with E-state index in [0.29, 0.717) is 5.25 Å². The summed E-state index contributed by atoms with van der Waals surface area (Å²) in [6.45, 7) is 10.3. The van der Waals surface area contributed by atoms with E-state index in [1.165, 1.54) is 12.8 Å². The quantitative estimate of drug-likeness (QED) is 0.843. The predicted octanol–water partition coefficient (Wildman–Crippen LogP) is 4.27. The molecule has 0 aromatic carbocycles. The van der Waals surface area contributed by atoms with Gasteiger partial charge in [0.2, 0.25) is 0 Å². The van der Waals surface area contributed by atoms with Crippen molar-refractivity contribution in [3.05, 3.63) is 11.4 Å². The molecular weight excluding hydrogens is 308 g/mol. The van der Waals surface area contributed by atoms with Crippen molar-refractivity contribution in [3.8, 4) is 0 Å². The van der Waals surface area contributed by atoms with E-state index in [4.69, 9.17) is 0 Å². The summed E-state index contributed by atoms with van der Waals surface area (Å²) in [4.78, 5) is 12.4. The van der Waals surface area contributed by atoms with Crippen LogP contribution < -0.4 is 10.6 Å². The lowest BCUT2D eigenvalue weighted by atomic mass is 9.95. The van der Waals surface area contributed by atoms with Gasteiger partial charge < -0.3 is 10.6 Å². The topological polar surface area (TPSA) is 59.0 Å². The number of thioether (sulfide) groups is 1. The van der Waals surface area contributed by atoms with Crippen LogP contribution in [0, 0.1) is 13.8 Å². The highest BCUT2D eigenvalue weighted by atomic mass is 32.2. The molecule has 1 aromatic rings. The van der Waals surface area contributed by atoms with Crippen LogP contribution in [-0.2, 0) is 0 Å². The van der Waals surface area contributed by atoms with Gasteiger partial charge in [0, 0.05) is 17.3 Å². The Morgan fingerprint density at radius 3 is 2.74 bits per heavy atom. The fraction of sp³-hybridized carbons (Fsp3) is 0.765. The Hall–Kier alpha value is -1.17. The van der Waals surface area contributed by atoms with Crippen LogP contribution in [0.15, 0.2) is 0 Å². The Morgan fingerprint density at radius 1 is 1.39 bits per heavy atom. The third-order valence-corrected chi connectivity index (χ3v) is 5.65. The molecule has 1 aliphatic carbocycles. The highest BCUT2D eigenvalue weighted by Gasteiger charge is 2.24. The lowest BCUT2D eigenvalue weighted by Gasteiger charge is -2.29. The number of aryl methyl sites for hydroxylation is 1. The Balaban J connectivity index is 1.95. The van der Waals surface area contributed by atoms with Crippen LogP contribution in [0.2, 0.25) is 0 Å². The number of urea groups is 1. The number of carbonyl (C=O) groups is 1. The number of nitrogens with one attached hydrogen (secondary N) is 2. The summed E-state index contributed by atoms with van der Waals surface area (Å²) in [7, 11) is 0. The molecule has 1 heterocycles. The summed E-state index contributed by atoms with van der Waals surface area (Å²) in [5.41, 5.74) is 2.72. The summed E-state index contributed by atoms with van der Waals surface area (Å²) in [6, 6.07) is 0.470. The minimum atomic E-state index is -0.105. The average Bonchev–Trinajstić information content (AvgIpc) is 2.76. The first-order chi connectivity index (χ1) is 10.9. The molecule has 2 atom stereocenters. The highest BCUT2D eigenvalue weighted by molar-refractivity contribution is 7.99. The molecule has 5 nitrogen and oxygen atoms in total. The molecule has 0 spiro atoms. The van der Waals surface area contributed by atoms with Crippen molar-refractivity contribution in [1.82, 2.24) is 15.1 Å². The largest absolute Gasteiger partial charge is 0.335 e. The van der Waals surface area contributed by atoms with E-state index >= 15 is 0 Å². The molecular formula is C17H30N4OS. The van der Waals surface area contributed by atoms with Gasteiger partial charge in [0.25, 0.3) is 0 Å². The fourth-order valence-electron chi connectivity index (χ4n) is 3.34. The second kappa shape index (κ2) is 8.08. The molecule has 0 aliphatic heterocycles. The molecule has 1 aliphatic rings. The molecule has 0 unspecified atom stereocenters. The Bertz CT molecular complexity index is 539. The molecule has 2 rings (SSSR count). The molecule has 1 aromatic heterocycles. The van der Waals surface area contributed by atoms with Crippen LogP contribution in [0.4, 0.5) is 10.5 Å². The van der Waals surface area contributed by atoms with Crippen LogP contribution >= 0.6 is 11.8 Å². The molecule has 1 fully saturated rings. The van der Waals surface area contributed by atoms with Gasteiger partial charge >= 0.3 is 6.03 Å². The second-order valence-corrected chi connectivity index (χ2v) is 8.20. The maximum atomic E-state index is 12.4. The number of anilines is 1. The Kier molecular flexibility index (Phi) is 6.39. The van der Waals surface area contributed by atoms with Gasteiger partial charge in [-0.05, 0) is 52.7 Å². The van der Waals surface area contributed by atoms with Gasteiger partial charge in [-0.3, -0.25) is 4.68 Å². The lowest BCUT2D eigenvalue weighted by Crippen LogP contribution is -2.41. The normalized spacial score (nSPS) is 21.5. The van der Waals surface area contributed by atoms with Crippen molar-refractivity contribution in [2.45, 2.75) is 77.6 Å². The Labute approximate surface area is 144 Å². The van der Waals surface area contributed by atoms with Gasteiger partial charge in [-0.25, -0.2) is 4.79 Å². The monoisotopic (exact) mass is 338 g/mol. The van der Waals surface area contributed by atoms with Crippen LogP contribution in [0.1, 0.15) is 63.9 Å². The van der Waals surface area contributed by atoms with Crippen LogP contribution in [0.25, 0.3) is 0 Å². The van der Waals surface area contributed by atoms with Gasteiger partial charge in [-0.1, -0.05) is 13.3 Å². The molecule has 2 amide bonds. The highest BCUT2D eigenvalue weighted by Crippen LogP contribution is 2.28. The fourth-order valence-corrected chi connectivity index (χ4v) is 4.52. The first-order valence-electron chi connectivity index (χ1n) is 8.67. The maximum absolute atomic E-state index is 12.4. The summed E-state index contributed by atoms with van der Waals surface area (Å²) in [6.07, 6.45) is 4.64. The van der Waals surface area contributed by atoms with Crippen molar-refractivity contribution < 1.29 is 4.79 Å². The number of nitrogens with zero attached hydrogens (tertiary/aromatic N) is 2. The summed E-state index contributed by atoms with van der Waals surface area (Å²) in [5.74, 6) is 1.15. The zero-order valence-electron chi connectivity index (χ0n) is 15.0. The maximum Gasteiger partial charge on any atom is 0.319 e. The summed E-state index contributed by atoms with van der Waals surface area (Å²) >= 11 is 2.01. The second-order valence-electron chi connectivity index (χ2n) is 6.62. The first kappa shape index (κ1) is 18.2. The SMILES string of the molecule is CCS[C@@H]1CCC[C@H](NC(=O)Nc2c(C)nn(C(C)C)c2C)C1. The van der Waals surface area contributed by atoms with Gasteiger partial charge in [-0.15, -0.1) is 0 Å². The zero-order valence-corrected chi connectivity index (χ0v) is 15.8. The van der Waals surface area contributed by atoms with E-state index in [2.05, 4.69) is 36.5 Å². The minimum Gasteiger partial charge on any atom is -0.335 e. The summed E-state index contributed by atoms with van der Waals surface area (Å²) in [5, 5.41) is 11.4. The Morgan fingerprint density at radius 2 is 2.13 bits per heavy atom. The predicted molar refractivity (Wildman–Crippen MR) is 98.4 cm³/mol. The van der Waals surface area contributed by atoms with Crippen molar-refractivity contribution in [2.75, 3.05) is 11.1 Å². The number of rotatable bonds is 5. The minimum absolute atomic E-state index is 0.105. The number of carbonyl (C=O) groups excluding carboxylic acids is 1. The summed E-state index contributed by atoms with van der Waals surface area (Å²) < 4.78 is 1.96. The molecule has 130 valence electrons. The number of hydrogen-bond acceptors (Lipinski definition) is 3. The van der Waals surface area contributed by atoms with Gasteiger partial charge in [0.05, 0.1) is 17.1 Å². The molecule has 1 saturated carbocycles. The number of amides is 2. The van der Waals surface area contributed by atoms with Gasteiger partial charge in [0.15, 0.2) is 0 Å². The lowest BCUT2D eigenvalue weighted by molar-refractivity contribution is 0.244. The molecule has 23 heavy (non-hydrogen) atoms. The van der Waals surface area contributed by atoms with E-state index in [1.807, 2.05) is 30.3 Å². The number of aromatic nitrogens is 2. The van der Waals surface area contributed by atoms with E-state index in [1.54, 1.807) is 0 Å². The molecule has 6 heteroatoms. The van der Waals surface area contributed by atoms with Crippen molar-refractivity contribution in [3.63, 3.8) is 0 Å². The molecule has 0 radical (unpaired) electrons. The van der Waals surface area contributed by atoms with Gasteiger partial charge in [-0.2, -0.15) is 16.9 Å². The van der Waals surface area contributed by atoms with Crippen LogP contribution in [-0.4, -0.2) is 32.9 Å². The van der Waals surface area contributed by atoms with Crippen LogP contribution in [0.5, 0.6) is 0 Å². The third kappa shape index (κ3) is 4.66. The van der Waals surface area contributed by atoms with Crippen molar-refractivity contribution in [1.29, 1.82) is 0 Å². The first-order valence-corrected chi connectivity index (χ1v) is 9.72. The van der Waals surface area contributed by atoms with Gasteiger partial charge in [0.1, 0.15) is 0 Å². The van der Waals surface area contributed by atoms with E-state index in [0.717, 1.165) is 35.7 Å². The zero-order chi connectivity index (χ0) is 17.0. The molecule has 0 saturated heterocycles. The number of hydrogen-bond donors (Lipinski definition) is 2. The molecule has 2 N–H and O–H groups in total. The molecule has 0 bridgehead atoms. The standard InChI is InChI=1S/C17H30N4OS/c1-6-23-15-9-7-8-14(10-15)18-17(22)19-16-12(4)20-21(11(2)3)13(16)5/h11,14-15H,6-10H2,1-5H3,(H2,18,19,22)/t14-,15+/m0/s1. The van der Waals surface area contributed by atoms with E-state index in [-0.39, 0.29) is 18.1 Å². The van der Waals surface area contributed by atoms with E-state index in [9.17, 15) is 4.79 Å².